The Balaban J connectivity index is 1.48. The molecule has 0 spiro atoms. The van der Waals surface area contributed by atoms with Crippen molar-refractivity contribution in [2.75, 3.05) is 0 Å². The molecule has 0 unspecified atom stereocenters. The number of hydrogen-bond donors (Lipinski definition) is 0. The fourth-order valence-electron chi connectivity index (χ4n) is 5.44. The second-order valence-corrected chi connectivity index (χ2v) is 7.91. The van der Waals surface area contributed by atoms with E-state index in [1.54, 1.807) is 6.21 Å². The van der Waals surface area contributed by atoms with Crippen molar-refractivity contribution in [2.45, 2.75) is 11.8 Å². The minimum atomic E-state index is -0.384. The molecule has 1 fully saturated rings. The lowest BCUT2D eigenvalue weighted by Crippen LogP contribution is -2.41. The lowest BCUT2D eigenvalue weighted by Gasteiger charge is -2.45. The van der Waals surface area contributed by atoms with Crippen LogP contribution in [0.4, 0.5) is 0 Å². The average molecular weight is 378 g/mol. The van der Waals surface area contributed by atoms with Gasteiger partial charge in [-0.25, -0.2) is 0 Å². The average Bonchev–Trinajstić information content (AvgIpc) is 3.03. The fraction of sp³-hybridized carbons (Fsp3) is 0.160. The molecule has 3 aromatic rings. The first-order chi connectivity index (χ1) is 14.3. The van der Waals surface area contributed by atoms with Gasteiger partial charge in [0, 0.05) is 11.8 Å². The van der Waals surface area contributed by atoms with Gasteiger partial charge in [-0.05, 0) is 27.8 Å². The van der Waals surface area contributed by atoms with Crippen LogP contribution in [0, 0.1) is 11.8 Å². The summed E-state index contributed by atoms with van der Waals surface area (Å²) in [6.45, 7) is 0. The molecule has 0 saturated carbocycles. The first-order valence-electron chi connectivity index (χ1n) is 9.90. The number of amides is 2. The molecule has 2 bridgehead atoms. The zero-order chi connectivity index (χ0) is 19.5. The molecule has 0 N–H and O–H groups in total. The Morgan fingerprint density at radius 3 is 1.48 bits per heavy atom. The van der Waals surface area contributed by atoms with Crippen LogP contribution in [0.25, 0.3) is 0 Å². The number of hydrogen-bond acceptors (Lipinski definition) is 3. The van der Waals surface area contributed by atoms with Crippen LogP contribution in [0.3, 0.4) is 0 Å². The number of hydrazone groups is 1. The summed E-state index contributed by atoms with van der Waals surface area (Å²) in [5, 5.41) is 5.42. The van der Waals surface area contributed by atoms with Crippen LogP contribution in [-0.4, -0.2) is 23.0 Å². The Kier molecular flexibility index (Phi) is 3.39. The number of benzene rings is 3. The van der Waals surface area contributed by atoms with Crippen molar-refractivity contribution in [1.82, 2.24) is 5.01 Å². The van der Waals surface area contributed by atoms with Gasteiger partial charge in [0.05, 0.1) is 18.1 Å². The molecule has 3 aliphatic carbocycles. The van der Waals surface area contributed by atoms with Gasteiger partial charge in [0.15, 0.2) is 0 Å². The Morgan fingerprint density at radius 1 is 0.621 bits per heavy atom. The topological polar surface area (TPSA) is 49.7 Å². The van der Waals surface area contributed by atoms with E-state index >= 15 is 0 Å². The molecule has 140 valence electrons. The monoisotopic (exact) mass is 378 g/mol. The Morgan fingerprint density at radius 2 is 1.03 bits per heavy atom. The second kappa shape index (κ2) is 5.98. The number of imide groups is 1. The van der Waals surface area contributed by atoms with Crippen molar-refractivity contribution in [3.63, 3.8) is 0 Å². The first-order valence-corrected chi connectivity index (χ1v) is 9.90. The number of nitrogens with zero attached hydrogens (tertiary/aromatic N) is 2. The quantitative estimate of drug-likeness (QED) is 0.501. The van der Waals surface area contributed by atoms with Crippen LogP contribution in [0.2, 0.25) is 0 Å². The molecule has 3 aromatic carbocycles. The Hall–Kier alpha value is -3.53. The van der Waals surface area contributed by atoms with Crippen LogP contribution in [-0.2, 0) is 9.59 Å². The molecule has 1 saturated heterocycles. The van der Waals surface area contributed by atoms with Crippen molar-refractivity contribution in [2.24, 2.45) is 16.9 Å². The predicted octanol–water partition coefficient (Wildman–Crippen LogP) is 3.91. The second-order valence-electron chi connectivity index (χ2n) is 7.91. The molecule has 2 amide bonds. The summed E-state index contributed by atoms with van der Waals surface area (Å²) in [6.07, 6.45) is 1.59. The zero-order valence-corrected chi connectivity index (χ0v) is 15.6. The van der Waals surface area contributed by atoms with E-state index in [4.69, 9.17) is 0 Å². The molecule has 0 aromatic heterocycles. The first kappa shape index (κ1) is 16.4. The summed E-state index contributed by atoms with van der Waals surface area (Å²) < 4.78 is 0. The highest BCUT2D eigenvalue weighted by atomic mass is 16.2. The van der Waals surface area contributed by atoms with Crippen LogP contribution in [0.15, 0.2) is 84.0 Å². The summed E-state index contributed by atoms with van der Waals surface area (Å²) in [7, 11) is 0. The summed E-state index contributed by atoms with van der Waals surface area (Å²) in [5.41, 5.74) is 5.55. The lowest BCUT2D eigenvalue weighted by molar-refractivity contribution is -0.139. The maximum Gasteiger partial charge on any atom is 0.254 e. The van der Waals surface area contributed by atoms with E-state index in [-0.39, 0.29) is 35.5 Å². The lowest BCUT2D eigenvalue weighted by atomic mass is 9.55. The Bertz CT molecular complexity index is 1070. The number of carbonyl (C=O) groups excluding carboxylic acids is 2. The molecular formula is C25H18N2O2. The van der Waals surface area contributed by atoms with E-state index in [0.717, 1.165) is 10.6 Å². The third-order valence-electron chi connectivity index (χ3n) is 6.55. The Labute approximate surface area is 168 Å². The van der Waals surface area contributed by atoms with Crippen molar-refractivity contribution >= 4 is 18.0 Å². The van der Waals surface area contributed by atoms with Crippen LogP contribution in [0.1, 0.15) is 39.7 Å². The summed E-state index contributed by atoms with van der Waals surface area (Å²) in [6, 6.07) is 26.0. The molecule has 4 aliphatic rings. The third-order valence-corrected chi connectivity index (χ3v) is 6.55. The highest BCUT2D eigenvalue weighted by molar-refractivity contribution is 6.08. The van der Waals surface area contributed by atoms with Crippen LogP contribution in [0.5, 0.6) is 0 Å². The van der Waals surface area contributed by atoms with Gasteiger partial charge >= 0.3 is 0 Å². The smallest absolute Gasteiger partial charge is 0.254 e. The summed E-state index contributed by atoms with van der Waals surface area (Å²) >= 11 is 0. The molecule has 1 heterocycles. The van der Waals surface area contributed by atoms with Gasteiger partial charge < -0.3 is 0 Å². The van der Waals surface area contributed by atoms with E-state index in [9.17, 15) is 9.59 Å². The molecule has 0 radical (unpaired) electrons. The molecule has 2 atom stereocenters. The molecule has 1 aliphatic heterocycles. The van der Waals surface area contributed by atoms with Gasteiger partial charge in [-0.3, -0.25) is 9.59 Å². The highest BCUT2D eigenvalue weighted by Gasteiger charge is 2.61. The summed E-state index contributed by atoms with van der Waals surface area (Å²) in [4.78, 5) is 26.7. The molecule has 29 heavy (non-hydrogen) atoms. The maximum absolute atomic E-state index is 13.4. The minimum absolute atomic E-state index is 0.0919. The third kappa shape index (κ3) is 2.17. The summed E-state index contributed by atoms with van der Waals surface area (Å²) in [5.74, 6) is -1.33. The van der Waals surface area contributed by atoms with E-state index in [1.165, 1.54) is 22.3 Å². The molecular weight excluding hydrogens is 360 g/mol. The zero-order valence-electron chi connectivity index (χ0n) is 15.6. The predicted molar refractivity (Wildman–Crippen MR) is 109 cm³/mol. The van der Waals surface area contributed by atoms with Crippen molar-refractivity contribution in [3.05, 3.63) is 107 Å². The highest BCUT2D eigenvalue weighted by Crippen LogP contribution is 2.60. The fourth-order valence-corrected chi connectivity index (χ4v) is 5.44. The van der Waals surface area contributed by atoms with E-state index < -0.39 is 0 Å². The van der Waals surface area contributed by atoms with Crippen LogP contribution < -0.4 is 0 Å². The van der Waals surface area contributed by atoms with Crippen molar-refractivity contribution < 1.29 is 9.59 Å². The van der Waals surface area contributed by atoms with Gasteiger partial charge in [-0.15, -0.1) is 0 Å². The number of rotatable bonds is 2. The van der Waals surface area contributed by atoms with Gasteiger partial charge in [-0.2, -0.15) is 10.1 Å². The maximum atomic E-state index is 13.4. The van der Waals surface area contributed by atoms with Crippen molar-refractivity contribution in [1.29, 1.82) is 0 Å². The van der Waals surface area contributed by atoms with E-state index in [1.807, 2.05) is 54.6 Å². The van der Waals surface area contributed by atoms with Gasteiger partial charge in [-0.1, -0.05) is 78.9 Å². The van der Waals surface area contributed by atoms with Crippen LogP contribution >= 0.6 is 0 Å². The SMILES string of the molecule is O=C1[C@H]2C3c4ccccc4C(c4ccccc43)[C@@H]2C(=O)N1/N=C\c1ccccc1. The normalized spacial score (nSPS) is 26.6. The standard InChI is InChI=1S/C25H18N2O2/c28-24-22-20-16-10-4-5-11-17(16)21(19-13-7-6-12-18(19)20)23(22)25(29)27(24)26-14-15-8-2-1-3-9-15/h1-14,20-23H/b26-14-/t20?,21?,22-,23-/m0/s1. The van der Waals surface area contributed by atoms with E-state index in [2.05, 4.69) is 29.4 Å². The molecule has 4 nitrogen and oxygen atoms in total. The largest absolute Gasteiger partial charge is 0.272 e. The molecule has 4 heteroatoms. The van der Waals surface area contributed by atoms with Gasteiger partial charge in [0.1, 0.15) is 0 Å². The minimum Gasteiger partial charge on any atom is -0.272 e. The number of carbonyl (C=O) groups is 2. The van der Waals surface area contributed by atoms with Gasteiger partial charge in [0.2, 0.25) is 0 Å². The van der Waals surface area contributed by atoms with E-state index in [0.29, 0.717) is 0 Å². The molecule has 7 rings (SSSR count). The van der Waals surface area contributed by atoms with Crippen molar-refractivity contribution in [3.8, 4) is 0 Å². The van der Waals surface area contributed by atoms with Gasteiger partial charge in [0.25, 0.3) is 11.8 Å².